The lowest BCUT2D eigenvalue weighted by molar-refractivity contribution is 0.141. The molecule has 0 aliphatic heterocycles. The van der Waals surface area contributed by atoms with E-state index in [0.717, 1.165) is 12.0 Å². The summed E-state index contributed by atoms with van der Waals surface area (Å²) < 4.78 is 0. The molecule has 0 unspecified atom stereocenters. The average Bonchev–Trinajstić information content (AvgIpc) is 2.04. The van der Waals surface area contributed by atoms with Gasteiger partial charge in [-0.1, -0.05) is 13.8 Å². The van der Waals surface area contributed by atoms with Gasteiger partial charge in [-0.2, -0.15) is 0 Å². The van der Waals surface area contributed by atoms with Crippen molar-refractivity contribution in [3.05, 3.63) is 0 Å². The highest BCUT2D eigenvalue weighted by atomic mass is 15.1. The van der Waals surface area contributed by atoms with Crippen LogP contribution in [-0.2, 0) is 0 Å². The summed E-state index contributed by atoms with van der Waals surface area (Å²) in [6.45, 7) is 5.80. The van der Waals surface area contributed by atoms with Gasteiger partial charge in [0.25, 0.3) is 0 Å². The molecule has 1 fully saturated rings. The van der Waals surface area contributed by atoms with Crippen molar-refractivity contribution in [1.82, 2.24) is 4.90 Å². The third-order valence-electron chi connectivity index (χ3n) is 3.38. The van der Waals surface area contributed by atoms with E-state index in [0.29, 0.717) is 6.04 Å². The molecule has 78 valence electrons. The summed E-state index contributed by atoms with van der Waals surface area (Å²) in [5.74, 6) is 0.876. The minimum Gasteiger partial charge on any atom is -0.328 e. The predicted octanol–water partition coefficient (Wildman–Crippen LogP) is 1.84. The second kappa shape index (κ2) is 4.97. The van der Waals surface area contributed by atoms with Crippen LogP contribution in [-0.4, -0.2) is 30.6 Å². The zero-order chi connectivity index (χ0) is 9.84. The summed E-state index contributed by atoms with van der Waals surface area (Å²) in [6, 6.07) is 1.27. The van der Waals surface area contributed by atoms with E-state index in [4.69, 9.17) is 5.73 Å². The summed E-state index contributed by atoms with van der Waals surface area (Å²) in [4.78, 5) is 2.51. The van der Waals surface area contributed by atoms with Crippen molar-refractivity contribution in [3.8, 4) is 0 Å². The van der Waals surface area contributed by atoms with Crippen LogP contribution >= 0.6 is 0 Å². The molecule has 1 saturated carbocycles. The fourth-order valence-electron chi connectivity index (χ4n) is 2.40. The lowest BCUT2D eigenvalue weighted by Crippen LogP contribution is -2.44. The maximum Gasteiger partial charge on any atom is 0.00870 e. The lowest BCUT2D eigenvalue weighted by Gasteiger charge is -2.37. The second-order valence-corrected chi connectivity index (χ2v) is 4.51. The van der Waals surface area contributed by atoms with Gasteiger partial charge in [-0.3, -0.25) is 0 Å². The number of nitrogens with two attached hydrogens (primary N) is 1. The monoisotopic (exact) mass is 184 g/mol. The van der Waals surface area contributed by atoms with Crippen molar-refractivity contribution in [3.63, 3.8) is 0 Å². The summed E-state index contributed by atoms with van der Waals surface area (Å²) in [5, 5.41) is 0. The first-order chi connectivity index (χ1) is 6.17. The summed E-state index contributed by atoms with van der Waals surface area (Å²) in [6.07, 6.45) is 5.02. The molecule has 0 aromatic heterocycles. The van der Waals surface area contributed by atoms with E-state index in [1.807, 2.05) is 0 Å². The molecule has 0 saturated heterocycles. The SMILES string of the molecule is CCC(CC)N(C)CC1CC(N)C1. The number of nitrogens with zero attached hydrogens (tertiary/aromatic N) is 1. The Kier molecular flexibility index (Phi) is 4.20. The van der Waals surface area contributed by atoms with Gasteiger partial charge >= 0.3 is 0 Å². The van der Waals surface area contributed by atoms with Crippen LogP contribution in [0, 0.1) is 5.92 Å². The molecule has 0 heterocycles. The van der Waals surface area contributed by atoms with E-state index in [1.165, 1.54) is 32.2 Å². The zero-order valence-corrected chi connectivity index (χ0v) is 9.29. The van der Waals surface area contributed by atoms with E-state index in [1.54, 1.807) is 0 Å². The Morgan fingerprint density at radius 3 is 2.23 bits per heavy atom. The first-order valence-electron chi connectivity index (χ1n) is 5.63. The van der Waals surface area contributed by atoms with Crippen molar-refractivity contribution < 1.29 is 0 Å². The fraction of sp³-hybridized carbons (Fsp3) is 1.00. The molecular formula is C11H24N2. The van der Waals surface area contributed by atoms with Gasteiger partial charge in [-0.05, 0) is 38.6 Å². The van der Waals surface area contributed by atoms with Crippen LogP contribution in [0.15, 0.2) is 0 Å². The normalized spacial score (nSPS) is 28.2. The minimum atomic E-state index is 0.500. The van der Waals surface area contributed by atoms with Crippen LogP contribution in [0.1, 0.15) is 39.5 Å². The van der Waals surface area contributed by atoms with Gasteiger partial charge in [0.1, 0.15) is 0 Å². The van der Waals surface area contributed by atoms with Crippen molar-refractivity contribution in [1.29, 1.82) is 0 Å². The molecule has 2 heteroatoms. The molecule has 0 atom stereocenters. The van der Waals surface area contributed by atoms with E-state index in [-0.39, 0.29) is 0 Å². The first kappa shape index (κ1) is 11.0. The minimum absolute atomic E-state index is 0.500. The largest absolute Gasteiger partial charge is 0.328 e. The van der Waals surface area contributed by atoms with Crippen LogP contribution in [0.3, 0.4) is 0 Å². The highest BCUT2D eigenvalue weighted by Gasteiger charge is 2.27. The van der Waals surface area contributed by atoms with Gasteiger partial charge in [0, 0.05) is 18.6 Å². The van der Waals surface area contributed by atoms with Crippen LogP contribution in [0.4, 0.5) is 0 Å². The average molecular weight is 184 g/mol. The van der Waals surface area contributed by atoms with Crippen LogP contribution in [0.25, 0.3) is 0 Å². The Hall–Kier alpha value is -0.0800. The van der Waals surface area contributed by atoms with E-state index in [9.17, 15) is 0 Å². The summed E-state index contributed by atoms with van der Waals surface area (Å²) in [5.41, 5.74) is 5.77. The predicted molar refractivity (Wildman–Crippen MR) is 57.7 cm³/mol. The van der Waals surface area contributed by atoms with Crippen LogP contribution in [0.5, 0.6) is 0 Å². The lowest BCUT2D eigenvalue weighted by atomic mass is 9.80. The topological polar surface area (TPSA) is 29.3 Å². The van der Waals surface area contributed by atoms with Crippen molar-refractivity contribution in [2.24, 2.45) is 11.7 Å². The fourth-order valence-corrected chi connectivity index (χ4v) is 2.40. The third kappa shape index (κ3) is 2.96. The van der Waals surface area contributed by atoms with Gasteiger partial charge in [0.15, 0.2) is 0 Å². The maximum atomic E-state index is 5.77. The van der Waals surface area contributed by atoms with Crippen molar-refractivity contribution in [2.75, 3.05) is 13.6 Å². The van der Waals surface area contributed by atoms with Crippen LogP contribution < -0.4 is 5.73 Å². The zero-order valence-electron chi connectivity index (χ0n) is 9.29. The van der Waals surface area contributed by atoms with Crippen molar-refractivity contribution >= 4 is 0 Å². The van der Waals surface area contributed by atoms with E-state index in [2.05, 4.69) is 25.8 Å². The van der Waals surface area contributed by atoms with Crippen molar-refractivity contribution in [2.45, 2.75) is 51.6 Å². The molecule has 0 bridgehead atoms. The Morgan fingerprint density at radius 2 is 1.85 bits per heavy atom. The molecular weight excluding hydrogens is 160 g/mol. The number of hydrogen-bond donors (Lipinski definition) is 1. The highest BCUT2D eigenvalue weighted by molar-refractivity contribution is 4.84. The summed E-state index contributed by atoms with van der Waals surface area (Å²) in [7, 11) is 2.25. The molecule has 1 aliphatic rings. The second-order valence-electron chi connectivity index (χ2n) is 4.51. The van der Waals surface area contributed by atoms with Gasteiger partial charge < -0.3 is 10.6 Å². The van der Waals surface area contributed by atoms with Gasteiger partial charge in [-0.25, -0.2) is 0 Å². The van der Waals surface area contributed by atoms with E-state index >= 15 is 0 Å². The molecule has 0 aromatic rings. The molecule has 0 spiro atoms. The molecule has 1 rings (SSSR count). The molecule has 0 amide bonds. The first-order valence-corrected chi connectivity index (χ1v) is 5.63. The highest BCUT2D eigenvalue weighted by Crippen LogP contribution is 2.26. The molecule has 0 aromatic carbocycles. The Morgan fingerprint density at radius 1 is 1.31 bits per heavy atom. The standard InChI is InChI=1S/C11H24N2/c1-4-11(5-2)13(3)8-9-6-10(12)7-9/h9-11H,4-8,12H2,1-3H3. The van der Waals surface area contributed by atoms with Gasteiger partial charge in [-0.15, -0.1) is 0 Å². The number of hydrogen-bond acceptors (Lipinski definition) is 2. The van der Waals surface area contributed by atoms with Gasteiger partial charge in [0.05, 0.1) is 0 Å². The van der Waals surface area contributed by atoms with E-state index < -0.39 is 0 Å². The third-order valence-corrected chi connectivity index (χ3v) is 3.38. The Labute approximate surface area is 82.5 Å². The van der Waals surface area contributed by atoms with Gasteiger partial charge in [0.2, 0.25) is 0 Å². The summed E-state index contributed by atoms with van der Waals surface area (Å²) >= 11 is 0. The molecule has 2 nitrogen and oxygen atoms in total. The maximum absolute atomic E-state index is 5.77. The number of rotatable bonds is 5. The Balaban J connectivity index is 2.19. The Bertz CT molecular complexity index is 137. The van der Waals surface area contributed by atoms with Crippen LogP contribution in [0.2, 0.25) is 0 Å². The quantitative estimate of drug-likeness (QED) is 0.706. The molecule has 13 heavy (non-hydrogen) atoms. The molecule has 1 aliphatic carbocycles. The molecule has 2 N–H and O–H groups in total. The smallest absolute Gasteiger partial charge is 0.00870 e. The molecule has 0 radical (unpaired) electrons.